The largest absolute Gasteiger partial charge is 0.508 e. The molecular weight excluding hydrogens is 366 g/mol. The van der Waals surface area contributed by atoms with Gasteiger partial charge in [-0.3, -0.25) is 15.3 Å². The Balaban J connectivity index is 1.50. The first-order chi connectivity index (χ1) is 13.9. The zero-order chi connectivity index (χ0) is 20.5. The van der Waals surface area contributed by atoms with E-state index in [2.05, 4.69) is 15.5 Å². The highest BCUT2D eigenvalue weighted by molar-refractivity contribution is 5.96. The zero-order valence-electron chi connectivity index (χ0n) is 16.2. The molecule has 29 heavy (non-hydrogen) atoms. The Morgan fingerprint density at radius 1 is 1.28 bits per heavy atom. The average Bonchev–Trinajstić information content (AvgIpc) is 3.27. The number of amides is 1. The summed E-state index contributed by atoms with van der Waals surface area (Å²) < 4.78 is 0. The molecule has 1 heterocycles. The van der Waals surface area contributed by atoms with E-state index >= 15 is 0 Å². The van der Waals surface area contributed by atoms with Crippen molar-refractivity contribution in [2.45, 2.75) is 32.6 Å². The number of nitrogens with one attached hydrogen (secondary N) is 3. The summed E-state index contributed by atoms with van der Waals surface area (Å²) in [7, 11) is 0. The van der Waals surface area contributed by atoms with E-state index in [0.717, 1.165) is 36.1 Å². The number of aromatic amines is 1. The maximum absolute atomic E-state index is 12.5. The Hall–Kier alpha value is -3.61. The number of phenols is 1. The fourth-order valence-corrected chi connectivity index (χ4v) is 3.82. The van der Waals surface area contributed by atoms with Crippen molar-refractivity contribution in [1.82, 2.24) is 10.2 Å². The van der Waals surface area contributed by atoms with E-state index < -0.39 is 0 Å². The maximum Gasteiger partial charge on any atom is 0.228 e. The molecule has 1 aliphatic carbocycles. The predicted octanol–water partition coefficient (Wildman–Crippen LogP) is 3.04. The molecule has 0 saturated heterocycles. The predicted molar refractivity (Wildman–Crippen MR) is 112 cm³/mol. The molecule has 0 unspecified atom stereocenters. The van der Waals surface area contributed by atoms with Crippen LogP contribution in [0.4, 0.5) is 5.69 Å². The minimum Gasteiger partial charge on any atom is -0.508 e. The molecule has 0 saturated carbocycles. The van der Waals surface area contributed by atoms with E-state index in [9.17, 15) is 9.90 Å². The third kappa shape index (κ3) is 3.71. The van der Waals surface area contributed by atoms with E-state index in [-0.39, 0.29) is 23.9 Å². The van der Waals surface area contributed by atoms with Crippen LogP contribution < -0.4 is 11.1 Å². The minimum absolute atomic E-state index is 0.00376. The number of hydrogen-bond acceptors (Lipinski definition) is 4. The topological polar surface area (TPSA) is 128 Å². The summed E-state index contributed by atoms with van der Waals surface area (Å²) in [5.41, 5.74) is 12.7. The van der Waals surface area contributed by atoms with Crippen molar-refractivity contribution in [2.75, 3.05) is 5.32 Å². The van der Waals surface area contributed by atoms with Gasteiger partial charge in [-0.05, 0) is 62.1 Å². The number of aromatic hydroxyl groups is 1. The molecule has 1 amide bonds. The normalized spacial score (nSPS) is 12.6. The number of nitrogens with two attached hydrogens (primary N) is 1. The van der Waals surface area contributed by atoms with Gasteiger partial charge in [0.1, 0.15) is 11.6 Å². The Bertz CT molecular complexity index is 1120. The molecule has 148 valence electrons. The van der Waals surface area contributed by atoms with Crippen LogP contribution in [0.2, 0.25) is 0 Å². The average molecular weight is 389 g/mol. The smallest absolute Gasteiger partial charge is 0.228 e. The van der Waals surface area contributed by atoms with Gasteiger partial charge in [-0.1, -0.05) is 6.07 Å². The Labute approximate surface area is 168 Å². The zero-order valence-corrected chi connectivity index (χ0v) is 16.2. The molecule has 7 heteroatoms. The third-order valence-electron chi connectivity index (χ3n) is 5.31. The summed E-state index contributed by atoms with van der Waals surface area (Å²) in [5.74, 6) is -0.361. The van der Waals surface area contributed by atoms with Crippen molar-refractivity contribution in [3.8, 4) is 17.0 Å². The van der Waals surface area contributed by atoms with Crippen LogP contribution in [0.3, 0.4) is 0 Å². The lowest BCUT2D eigenvalue weighted by Crippen LogP contribution is -2.16. The third-order valence-corrected chi connectivity index (χ3v) is 5.31. The molecule has 7 nitrogen and oxygen atoms in total. The van der Waals surface area contributed by atoms with Crippen LogP contribution >= 0.6 is 0 Å². The van der Waals surface area contributed by atoms with Gasteiger partial charge in [-0.25, -0.2) is 0 Å². The molecule has 0 aliphatic heterocycles. The molecule has 0 bridgehead atoms. The minimum atomic E-state index is -0.256. The Morgan fingerprint density at radius 3 is 2.86 bits per heavy atom. The SMILES string of the molecule is Cc1cc(NC(=O)Cc2cc(C(=N)N)ccc2O)ccc1-c1n[nH]c2c1CCC2. The van der Waals surface area contributed by atoms with Gasteiger partial charge in [-0.15, -0.1) is 0 Å². The van der Waals surface area contributed by atoms with Crippen molar-refractivity contribution >= 4 is 17.4 Å². The lowest BCUT2D eigenvalue weighted by atomic mass is 10.0. The number of aromatic nitrogens is 2. The van der Waals surface area contributed by atoms with Crippen molar-refractivity contribution in [3.63, 3.8) is 0 Å². The lowest BCUT2D eigenvalue weighted by Gasteiger charge is -2.11. The van der Waals surface area contributed by atoms with Gasteiger partial charge in [0.25, 0.3) is 0 Å². The fourth-order valence-electron chi connectivity index (χ4n) is 3.82. The molecule has 1 aliphatic rings. The summed E-state index contributed by atoms with van der Waals surface area (Å²) in [4.78, 5) is 12.5. The van der Waals surface area contributed by atoms with Crippen LogP contribution in [0.1, 0.15) is 34.4 Å². The number of nitrogens with zero attached hydrogens (tertiary/aromatic N) is 1. The summed E-state index contributed by atoms with van der Waals surface area (Å²) in [6, 6.07) is 10.3. The van der Waals surface area contributed by atoms with E-state index in [1.807, 2.05) is 25.1 Å². The summed E-state index contributed by atoms with van der Waals surface area (Å²) in [5, 5.41) is 28.0. The number of H-pyrrole nitrogens is 1. The summed E-state index contributed by atoms with van der Waals surface area (Å²) >= 11 is 0. The van der Waals surface area contributed by atoms with Crippen LogP contribution in [0.25, 0.3) is 11.3 Å². The van der Waals surface area contributed by atoms with Gasteiger partial charge in [-0.2, -0.15) is 5.10 Å². The first-order valence-corrected chi connectivity index (χ1v) is 9.55. The van der Waals surface area contributed by atoms with Crippen molar-refractivity contribution in [2.24, 2.45) is 5.73 Å². The molecule has 4 rings (SSSR count). The number of hydrogen-bond donors (Lipinski definition) is 5. The fraction of sp³-hybridized carbons (Fsp3) is 0.227. The second-order valence-electron chi connectivity index (χ2n) is 7.39. The molecule has 1 aromatic heterocycles. The van der Waals surface area contributed by atoms with Crippen LogP contribution in [0, 0.1) is 12.3 Å². The molecule has 0 spiro atoms. The highest BCUT2D eigenvalue weighted by Gasteiger charge is 2.20. The van der Waals surface area contributed by atoms with Crippen molar-refractivity contribution < 1.29 is 9.90 Å². The maximum atomic E-state index is 12.5. The van der Waals surface area contributed by atoms with Gasteiger partial charge < -0.3 is 16.2 Å². The van der Waals surface area contributed by atoms with E-state index in [0.29, 0.717) is 16.8 Å². The number of nitrogen functional groups attached to an aromatic ring is 1. The quantitative estimate of drug-likeness (QED) is 0.339. The molecule has 3 aromatic rings. The van der Waals surface area contributed by atoms with Gasteiger partial charge in [0.15, 0.2) is 0 Å². The molecule has 2 aromatic carbocycles. The van der Waals surface area contributed by atoms with Crippen LogP contribution in [0.15, 0.2) is 36.4 Å². The lowest BCUT2D eigenvalue weighted by molar-refractivity contribution is -0.115. The number of carbonyl (C=O) groups excluding carboxylic acids is 1. The van der Waals surface area contributed by atoms with Gasteiger partial charge in [0, 0.05) is 33.6 Å². The van der Waals surface area contributed by atoms with Gasteiger partial charge in [0.05, 0.1) is 12.1 Å². The van der Waals surface area contributed by atoms with E-state index in [1.54, 1.807) is 12.1 Å². The summed E-state index contributed by atoms with van der Waals surface area (Å²) in [6.45, 7) is 2.00. The Morgan fingerprint density at radius 2 is 2.10 bits per heavy atom. The van der Waals surface area contributed by atoms with Gasteiger partial charge >= 0.3 is 0 Å². The molecule has 0 fully saturated rings. The first-order valence-electron chi connectivity index (χ1n) is 9.55. The first kappa shape index (κ1) is 18.7. The molecule has 0 radical (unpaired) electrons. The Kier molecular flexibility index (Phi) is 4.80. The number of anilines is 1. The monoisotopic (exact) mass is 389 g/mol. The number of rotatable bonds is 5. The molecule has 6 N–H and O–H groups in total. The number of benzene rings is 2. The van der Waals surface area contributed by atoms with Crippen LogP contribution in [0.5, 0.6) is 5.75 Å². The standard InChI is InChI=1S/C22H23N5O2/c1-12-9-15(6-7-16(12)21-17-3-2-4-18(17)26-27-21)25-20(29)11-14-10-13(22(23)24)5-8-19(14)28/h5-10,28H,2-4,11H2,1H3,(H3,23,24)(H,25,29)(H,26,27). The van der Waals surface area contributed by atoms with E-state index in [4.69, 9.17) is 11.1 Å². The van der Waals surface area contributed by atoms with Crippen LogP contribution in [-0.4, -0.2) is 27.0 Å². The highest BCUT2D eigenvalue weighted by Crippen LogP contribution is 2.33. The van der Waals surface area contributed by atoms with Crippen LogP contribution in [-0.2, 0) is 24.1 Å². The number of amidine groups is 1. The second kappa shape index (κ2) is 7.43. The van der Waals surface area contributed by atoms with E-state index in [1.165, 1.54) is 17.3 Å². The van der Waals surface area contributed by atoms with Crippen molar-refractivity contribution in [1.29, 1.82) is 5.41 Å². The highest BCUT2D eigenvalue weighted by atomic mass is 16.3. The second-order valence-corrected chi connectivity index (χ2v) is 7.39. The number of carbonyl (C=O) groups is 1. The molecule has 0 atom stereocenters. The molecular formula is C22H23N5O2. The summed E-state index contributed by atoms with van der Waals surface area (Å²) in [6.07, 6.45) is 3.23. The number of phenolic OH excluding ortho intramolecular Hbond substituents is 1. The number of fused-ring (bicyclic) bond motifs is 1. The number of aryl methyl sites for hydroxylation is 2. The van der Waals surface area contributed by atoms with Crippen molar-refractivity contribution in [3.05, 3.63) is 64.3 Å². The van der Waals surface area contributed by atoms with Gasteiger partial charge in [0.2, 0.25) is 5.91 Å².